The molecule has 0 aromatic heterocycles. The molecule has 0 bridgehead atoms. The fourth-order valence-corrected chi connectivity index (χ4v) is 5.03. The smallest absolute Gasteiger partial charge is 0.270 e. The van der Waals surface area contributed by atoms with E-state index in [1.54, 1.807) is 0 Å². The van der Waals surface area contributed by atoms with E-state index in [9.17, 15) is 18.5 Å². The Morgan fingerprint density at radius 3 is 2.45 bits per heavy atom. The van der Waals surface area contributed by atoms with Crippen LogP contribution in [0.5, 0.6) is 0 Å². The third kappa shape index (κ3) is 4.95. The largest absolute Gasteiger partial charge is 0.379 e. The molecule has 0 spiro atoms. The molecule has 0 saturated carbocycles. The Hall–Kier alpha value is -2.01. The second kappa shape index (κ2) is 9.21. The Morgan fingerprint density at radius 2 is 1.86 bits per heavy atom. The van der Waals surface area contributed by atoms with Crippen molar-refractivity contribution in [2.75, 3.05) is 31.6 Å². The number of halogens is 1. The molecule has 1 heterocycles. The predicted octanol–water partition coefficient (Wildman–Crippen LogP) is 3.94. The maximum atomic E-state index is 13.2. The summed E-state index contributed by atoms with van der Waals surface area (Å²) in [6, 6.07) is 11.5. The number of benzene rings is 2. The molecule has 29 heavy (non-hydrogen) atoms. The van der Waals surface area contributed by atoms with Gasteiger partial charge in [0.2, 0.25) is 10.0 Å². The van der Waals surface area contributed by atoms with Crippen LogP contribution in [0.3, 0.4) is 0 Å². The molecule has 1 aliphatic heterocycles. The number of non-ortho nitro benzene ring substituents is 1. The van der Waals surface area contributed by atoms with Crippen LogP contribution in [0.1, 0.15) is 24.9 Å². The van der Waals surface area contributed by atoms with E-state index in [0.29, 0.717) is 25.3 Å². The minimum atomic E-state index is -3.91. The molecule has 8 nitrogen and oxygen atoms in total. The lowest BCUT2D eigenvalue weighted by Crippen LogP contribution is -2.40. The van der Waals surface area contributed by atoms with Crippen LogP contribution in [-0.4, -0.2) is 43.9 Å². The SMILES string of the molecule is CC[C@@H](Nc1ccc([N+](=O)[O-])cc1S(=O)(=O)N1CCOCC1)c1ccc(Br)cc1. The molecular weight excluding hydrogens is 462 g/mol. The number of hydrogen-bond donors (Lipinski definition) is 1. The highest BCUT2D eigenvalue weighted by atomic mass is 79.9. The van der Waals surface area contributed by atoms with Crippen LogP contribution in [0.2, 0.25) is 0 Å². The van der Waals surface area contributed by atoms with Gasteiger partial charge in [0, 0.05) is 29.7 Å². The molecule has 156 valence electrons. The van der Waals surface area contributed by atoms with Gasteiger partial charge in [0.05, 0.1) is 29.9 Å². The molecular formula is C19H22BrN3O5S. The summed E-state index contributed by atoms with van der Waals surface area (Å²) < 4.78 is 34.0. The van der Waals surface area contributed by atoms with Gasteiger partial charge in [-0.2, -0.15) is 4.31 Å². The molecule has 1 atom stereocenters. The molecule has 0 radical (unpaired) electrons. The van der Waals surface area contributed by atoms with Crippen molar-refractivity contribution in [1.82, 2.24) is 4.31 Å². The van der Waals surface area contributed by atoms with Gasteiger partial charge in [0.25, 0.3) is 5.69 Å². The van der Waals surface area contributed by atoms with Crippen molar-refractivity contribution >= 4 is 37.3 Å². The normalized spacial score (nSPS) is 16.3. The van der Waals surface area contributed by atoms with Crippen molar-refractivity contribution in [1.29, 1.82) is 0 Å². The van der Waals surface area contributed by atoms with Crippen LogP contribution < -0.4 is 5.32 Å². The van der Waals surface area contributed by atoms with Gasteiger partial charge in [-0.05, 0) is 30.2 Å². The standard InChI is InChI=1S/C19H22BrN3O5S/c1-2-17(14-3-5-15(20)6-4-14)21-18-8-7-16(23(24)25)13-19(18)29(26,27)22-9-11-28-12-10-22/h3-8,13,17,21H,2,9-12H2,1H3/t17-/m1/s1. The molecule has 2 aromatic carbocycles. The number of nitro benzene ring substituents is 1. The summed E-state index contributed by atoms with van der Waals surface area (Å²) in [5, 5.41) is 14.5. The van der Waals surface area contributed by atoms with Crippen molar-refractivity contribution < 1.29 is 18.1 Å². The molecule has 3 rings (SSSR count). The minimum Gasteiger partial charge on any atom is -0.379 e. The fourth-order valence-electron chi connectivity index (χ4n) is 3.19. The van der Waals surface area contributed by atoms with Gasteiger partial charge in [-0.3, -0.25) is 10.1 Å². The van der Waals surface area contributed by atoms with E-state index in [1.165, 1.54) is 16.4 Å². The van der Waals surface area contributed by atoms with Crippen molar-refractivity contribution in [3.63, 3.8) is 0 Å². The summed E-state index contributed by atoms with van der Waals surface area (Å²) in [5.41, 5.74) is 1.07. The number of nitrogens with one attached hydrogen (secondary N) is 1. The van der Waals surface area contributed by atoms with Crippen molar-refractivity contribution in [3.05, 3.63) is 62.6 Å². The summed E-state index contributed by atoms with van der Waals surface area (Å²) in [4.78, 5) is 10.6. The number of nitrogens with zero attached hydrogens (tertiary/aromatic N) is 2. The van der Waals surface area contributed by atoms with E-state index >= 15 is 0 Å². The predicted molar refractivity (Wildman–Crippen MR) is 113 cm³/mol. The zero-order chi connectivity index (χ0) is 21.0. The van der Waals surface area contributed by atoms with Gasteiger partial charge in [-0.1, -0.05) is 35.0 Å². The molecule has 1 fully saturated rings. The summed E-state index contributed by atoms with van der Waals surface area (Å²) >= 11 is 3.41. The number of hydrogen-bond acceptors (Lipinski definition) is 6. The lowest BCUT2D eigenvalue weighted by Gasteiger charge is -2.28. The summed E-state index contributed by atoms with van der Waals surface area (Å²) in [5.74, 6) is 0. The molecule has 1 N–H and O–H groups in total. The van der Waals surface area contributed by atoms with Crippen molar-refractivity contribution in [2.45, 2.75) is 24.3 Å². The van der Waals surface area contributed by atoms with E-state index in [4.69, 9.17) is 4.74 Å². The number of anilines is 1. The van der Waals surface area contributed by atoms with E-state index in [1.807, 2.05) is 31.2 Å². The molecule has 2 aromatic rings. The van der Waals surface area contributed by atoms with E-state index in [-0.39, 0.29) is 29.7 Å². The van der Waals surface area contributed by atoms with Gasteiger partial charge < -0.3 is 10.1 Å². The second-order valence-corrected chi connectivity index (χ2v) is 9.43. The van der Waals surface area contributed by atoms with Crippen LogP contribution in [0, 0.1) is 10.1 Å². The lowest BCUT2D eigenvalue weighted by molar-refractivity contribution is -0.385. The maximum Gasteiger partial charge on any atom is 0.270 e. The molecule has 10 heteroatoms. The van der Waals surface area contributed by atoms with Gasteiger partial charge in [-0.25, -0.2) is 8.42 Å². The number of nitro groups is 1. The first-order valence-electron chi connectivity index (χ1n) is 9.21. The average Bonchev–Trinajstić information content (AvgIpc) is 2.73. The Balaban J connectivity index is 2.01. The number of sulfonamides is 1. The van der Waals surface area contributed by atoms with Crippen LogP contribution >= 0.6 is 15.9 Å². The molecule has 1 aliphatic rings. The first-order valence-corrected chi connectivity index (χ1v) is 11.4. The number of morpholine rings is 1. The lowest BCUT2D eigenvalue weighted by atomic mass is 10.0. The van der Waals surface area contributed by atoms with Gasteiger partial charge in [-0.15, -0.1) is 0 Å². The van der Waals surface area contributed by atoms with Crippen molar-refractivity contribution in [2.24, 2.45) is 0 Å². The highest BCUT2D eigenvalue weighted by molar-refractivity contribution is 9.10. The Morgan fingerprint density at radius 1 is 1.21 bits per heavy atom. The quantitative estimate of drug-likeness (QED) is 0.472. The van der Waals surface area contributed by atoms with Crippen LogP contribution in [-0.2, 0) is 14.8 Å². The minimum absolute atomic E-state index is 0.0934. The van der Waals surface area contributed by atoms with Crippen LogP contribution in [0.4, 0.5) is 11.4 Å². The number of ether oxygens (including phenoxy) is 1. The first kappa shape index (κ1) is 21.7. The molecule has 1 saturated heterocycles. The van der Waals surface area contributed by atoms with Gasteiger partial charge in [0.1, 0.15) is 4.90 Å². The average molecular weight is 484 g/mol. The second-order valence-electron chi connectivity index (χ2n) is 6.61. The fraction of sp³-hybridized carbons (Fsp3) is 0.368. The van der Waals surface area contributed by atoms with Crippen LogP contribution in [0.25, 0.3) is 0 Å². The zero-order valence-corrected chi connectivity index (χ0v) is 18.3. The third-order valence-electron chi connectivity index (χ3n) is 4.77. The zero-order valence-electron chi connectivity index (χ0n) is 15.9. The maximum absolute atomic E-state index is 13.2. The highest BCUT2D eigenvalue weighted by Gasteiger charge is 2.31. The Labute approximate surface area is 178 Å². The Bertz CT molecular complexity index is 976. The highest BCUT2D eigenvalue weighted by Crippen LogP contribution is 2.33. The van der Waals surface area contributed by atoms with Gasteiger partial charge >= 0.3 is 0 Å². The summed E-state index contributed by atoms with van der Waals surface area (Å²) in [6.07, 6.45) is 0.704. The molecule has 0 amide bonds. The number of rotatable bonds is 7. The van der Waals surface area contributed by atoms with E-state index < -0.39 is 14.9 Å². The van der Waals surface area contributed by atoms with E-state index in [2.05, 4.69) is 21.2 Å². The first-order chi connectivity index (χ1) is 13.8. The molecule has 0 aliphatic carbocycles. The summed E-state index contributed by atoms with van der Waals surface area (Å²) in [6.45, 7) is 3.02. The monoisotopic (exact) mass is 483 g/mol. The van der Waals surface area contributed by atoms with Crippen molar-refractivity contribution in [3.8, 4) is 0 Å². The topological polar surface area (TPSA) is 102 Å². The van der Waals surface area contributed by atoms with E-state index in [0.717, 1.165) is 16.1 Å². The third-order valence-corrected chi connectivity index (χ3v) is 7.24. The van der Waals surface area contributed by atoms with Gasteiger partial charge in [0.15, 0.2) is 0 Å². The summed E-state index contributed by atoms with van der Waals surface area (Å²) in [7, 11) is -3.91. The Kier molecular flexibility index (Phi) is 6.89. The molecule has 0 unspecified atom stereocenters. The van der Waals surface area contributed by atoms with Crippen LogP contribution in [0.15, 0.2) is 51.8 Å².